The van der Waals surface area contributed by atoms with Gasteiger partial charge in [0.15, 0.2) is 6.10 Å². The molecule has 30 heavy (non-hydrogen) atoms. The third-order valence-corrected chi connectivity index (χ3v) is 5.31. The van der Waals surface area contributed by atoms with Gasteiger partial charge < -0.3 is 44.7 Å². The molecule has 1 aliphatic rings. The molecule has 4 rings (SSSR count). The first-order valence-electron chi connectivity index (χ1n) is 9.35. The van der Waals surface area contributed by atoms with E-state index in [2.05, 4.69) is 4.98 Å². The molecule has 0 saturated carbocycles. The van der Waals surface area contributed by atoms with Crippen LogP contribution in [0.15, 0.2) is 48.7 Å². The van der Waals surface area contributed by atoms with E-state index in [9.17, 15) is 25.5 Å². The maximum atomic E-state index is 10.9. The van der Waals surface area contributed by atoms with Crippen LogP contribution in [0.25, 0.3) is 22.0 Å². The van der Waals surface area contributed by atoms with Crippen molar-refractivity contribution in [1.29, 1.82) is 0 Å². The van der Waals surface area contributed by atoms with Crippen LogP contribution >= 0.6 is 0 Å². The minimum atomic E-state index is -2.66. The molecule has 0 amide bonds. The third-order valence-electron chi connectivity index (χ3n) is 5.31. The zero-order valence-corrected chi connectivity index (χ0v) is 16.1. The van der Waals surface area contributed by atoms with E-state index in [0.29, 0.717) is 16.7 Å². The first-order valence-corrected chi connectivity index (χ1v) is 9.35. The molecule has 2 aromatic carbocycles. The molecular formula is C21H23NO8. The molecule has 160 valence electrons. The molecule has 5 atom stereocenters. The number of aliphatic hydroxyl groups excluding tert-OH is 4. The Kier molecular flexibility index (Phi) is 5.41. The summed E-state index contributed by atoms with van der Waals surface area (Å²) in [5.74, 6) is -1.81. The Labute approximate surface area is 171 Å². The number of aliphatic hydroxyl groups is 5. The molecule has 0 radical (unpaired) electrons. The molecule has 9 heteroatoms. The second-order valence-electron chi connectivity index (χ2n) is 7.11. The Morgan fingerprint density at radius 2 is 1.83 bits per heavy atom. The van der Waals surface area contributed by atoms with E-state index in [1.165, 1.54) is 0 Å². The number of nitrogens with one attached hydrogen (secondary N) is 1. The molecule has 2 heterocycles. The molecular weight excluding hydrogens is 394 g/mol. The van der Waals surface area contributed by atoms with Crippen LogP contribution in [0.5, 0.6) is 11.5 Å². The van der Waals surface area contributed by atoms with Gasteiger partial charge in [0.1, 0.15) is 23.7 Å². The lowest BCUT2D eigenvalue weighted by Gasteiger charge is -2.45. The average molecular weight is 417 g/mol. The standard InChI is InChI=1S/C21H23NO8/c1-28-12-7-5-11(6-8-12)13-9-22-14-3-2-4-15(17(13)14)30-21(27)19(25)18(24)16(10-23)29-20(21)26/h2-9,16,18-20,22-27H,10H2,1H3/t16-,18-,19+,20?,21+/m1/s1. The smallest absolute Gasteiger partial charge is 0.288 e. The Bertz CT molecular complexity index is 1020. The highest BCUT2D eigenvalue weighted by Gasteiger charge is 2.57. The minimum absolute atomic E-state index is 0.151. The highest BCUT2D eigenvalue weighted by atomic mass is 16.7. The van der Waals surface area contributed by atoms with Crippen molar-refractivity contribution in [3.63, 3.8) is 0 Å². The summed E-state index contributed by atoms with van der Waals surface area (Å²) in [4.78, 5) is 3.12. The predicted octanol–water partition coefficient (Wildman–Crippen LogP) is 0.342. The number of hydrogen-bond acceptors (Lipinski definition) is 8. The number of ether oxygens (including phenoxy) is 3. The van der Waals surface area contributed by atoms with E-state index in [1.807, 2.05) is 12.1 Å². The van der Waals surface area contributed by atoms with E-state index in [0.717, 1.165) is 11.1 Å². The zero-order chi connectivity index (χ0) is 21.5. The van der Waals surface area contributed by atoms with Crippen LogP contribution in [0.3, 0.4) is 0 Å². The van der Waals surface area contributed by atoms with E-state index >= 15 is 0 Å². The average Bonchev–Trinajstić information content (AvgIpc) is 3.20. The lowest BCUT2D eigenvalue weighted by molar-refractivity contribution is -0.385. The van der Waals surface area contributed by atoms with Gasteiger partial charge in [-0.1, -0.05) is 18.2 Å². The number of H-pyrrole nitrogens is 1. The molecule has 1 fully saturated rings. The topological polar surface area (TPSA) is 145 Å². The number of rotatable bonds is 5. The van der Waals surface area contributed by atoms with Crippen LogP contribution < -0.4 is 9.47 Å². The fourth-order valence-corrected chi connectivity index (χ4v) is 3.61. The fourth-order valence-electron chi connectivity index (χ4n) is 3.61. The van der Waals surface area contributed by atoms with Gasteiger partial charge in [-0.15, -0.1) is 0 Å². The van der Waals surface area contributed by atoms with Crippen LogP contribution in [0.4, 0.5) is 0 Å². The predicted molar refractivity (Wildman–Crippen MR) is 106 cm³/mol. The quantitative estimate of drug-likeness (QED) is 0.326. The molecule has 0 aliphatic carbocycles. The van der Waals surface area contributed by atoms with E-state index in [4.69, 9.17) is 14.2 Å². The first kappa shape index (κ1) is 20.6. The summed E-state index contributed by atoms with van der Waals surface area (Å²) in [7, 11) is 1.58. The van der Waals surface area contributed by atoms with Crippen LogP contribution in [0, 0.1) is 0 Å². The van der Waals surface area contributed by atoms with Crippen LogP contribution in [-0.2, 0) is 4.74 Å². The number of methoxy groups -OCH3 is 1. The monoisotopic (exact) mass is 417 g/mol. The lowest BCUT2D eigenvalue weighted by atomic mass is 9.95. The van der Waals surface area contributed by atoms with Crippen LogP contribution in [-0.4, -0.2) is 74.6 Å². The van der Waals surface area contributed by atoms with E-state index in [1.54, 1.807) is 43.6 Å². The maximum absolute atomic E-state index is 10.9. The molecule has 1 aliphatic heterocycles. The van der Waals surface area contributed by atoms with Gasteiger partial charge in [-0.3, -0.25) is 0 Å². The molecule has 1 unspecified atom stereocenters. The van der Waals surface area contributed by atoms with Crippen LogP contribution in [0.1, 0.15) is 0 Å². The van der Waals surface area contributed by atoms with Crippen molar-refractivity contribution in [1.82, 2.24) is 4.98 Å². The van der Waals surface area contributed by atoms with Crippen molar-refractivity contribution in [2.75, 3.05) is 13.7 Å². The van der Waals surface area contributed by atoms with Crippen molar-refractivity contribution in [3.05, 3.63) is 48.7 Å². The Hall–Kier alpha value is -2.66. The van der Waals surface area contributed by atoms with Gasteiger partial charge in [0, 0.05) is 22.7 Å². The summed E-state index contributed by atoms with van der Waals surface area (Å²) in [6.45, 7) is -0.652. The Balaban J connectivity index is 1.75. The maximum Gasteiger partial charge on any atom is 0.288 e. The normalized spacial score (nSPS) is 29.1. The second-order valence-corrected chi connectivity index (χ2v) is 7.11. The number of benzene rings is 2. The summed E-state index contributed by atoms with van der Waals surface area (Å²) in [5, 5.41) is 51.4. The van der Waals surface area contributed by atoms with Gasteiger partial charge in [0.2, 0.25) is 6.29 Å². The number of fused-ring (bicyclic) bond motifs is 1. The van der Waals surface area contributed by atoms with Crippen LogP contribution in [0.2, 0.25) is 0 Å². The largest absolute Gasteiger partial charge is 0.497 e. The fraction of sp³-hybridized carbons (Fsp3) is 0.333. The van der Waals surface area contributed by atoms with Gasteiger partial charge in [-0.25, -0.2) is 0 Å². The van der Waals surface area contributed by atoms with Crippen molar-refractivity contribution in [3.8, 4) is 22.6 Å². The van der Waals surface area contributed by atoms with Gasteiger partial charge in [0.05, 0.1) is 13.7 Å². The lowest BCUT2D eigenvalue weighted by Crippen LogP contribution is -2.69. The van der Waals surface area contributed by atoms with Gasteiger partial charge in [-0.2, -0.15) is 0 Å². The van der Waals surface area contributed by atoms with E-state index in [-0.39, 0.29) is 5.75 Å². The van der Waals surface area contributed by atoms with Crippen molar-refractivity contribution in [2.24, 2.45) is 0 Å². The Morgan fingerprint density at radius 1 is 1.10 bits per heavy atom. The summed E-state index contributed by atoms with van der Waals surface area (Å²) in [6, 6.07) is 12.4. The summed E-state index contributed by atoms with van der Waals surface area (Å²) >= 11 is 0. The Morgan fingerprint density at radius 3 is 2.50 bits per heavy atom. The first-order chi connectivity index (χ1) is 14.4. The highest BCUT2D eigenvalue weighted by molar-refractivity contribution is 6.00. The third kappa shape index (κ3) is 3.31. The van der Waals surface area contributed by atoms with Crippen molar-refractivity contribution < 1.29 is 39.7 Å². The van der Waals surface area contributed by atoms with Crippen molar-refractivity contribution in [2.45, 2.75) is 30.4 Å². The van der Waals surface area contributed by atoms with E-state index < -0.39 is 37.0 Å². The molecule has 6 N–H and O–H groups in total. The summed E-state index contributed by atoms with van der Waals surface area (Å²) < 4.78 is 15.9. The summed E-state index contributed by atoms with van der Waals surface area (Å²) in [6.07, 6.45) is -5.11. The van der Waals surface area contributed by atoms with Crippen molar-refractivity contribution >= 4 is 10.9 Å². The van der Waals surface area contributed by atoms with Gasteiger partial charge in [0.25, 0.3) is 5.79 Å². The molecule has 9 nitrogen and oxygen atoms in total. The highest BCUT2D eigenvalue weighted by Crippen LogP contribution is 2.39. The molecule has 1 saturated heterocycles. The molecule has 3 aromatic rings. The molecule has 0 bridgehead atoms. The molecule has 1 aromatic heterocycles. The minimum Gasteiger partial charge on any atom is -0.497 e. The number of aromatic nitrogens is 1. The summed E-state index contributed by atoms with van der Waals surface area (Å²) in [5.41, 5.74) is 2.28. The number of aromatic amines is 1. The molecule has 0 spiro atoms. The SMILES string of the molecule is COc1ccc(-c2c[nH]c3cccc(O[C@]4(O)C(O)O[C@H](CO)[C@@H](O)[C@@H]4O)c23)cc1. The number of hydrogen-bond donors (Lipinski definition) is 6. The second kappa shape index (κ2) is 7.88. The zero-order valence-electron chi connectivity index (χ0n) is 16.1. The van der Waals surface area contributed by atoms with Gasteiger partial charge in [-0.05, 0) is 29.8 Å². The van der Waals surface area contributed by atoms with Gasteiger partial charge >= 0.3 is 0 Å².